The van der Waals surface area contributed by atoms with Crippen LogP contribution in [0.2, 0.25) is 0 Å². The number of aryl methyl sites for hydroxylation is 1. The van der Waals surface area contributed by atoms with Crippen LogP contribution in [0.5, 0.6) is 0 Å². The fraction of sp³-hybridized carbons (Fsp3) is 0.419. The van der Waals surface area contributed by atoms with Gasteiger partial charge in [-0.3, -0.25) is 4.79 Å². The summed E-state index contributed by atoms with van der Waals surface area (Å²) in [6, 6.07) is 15.8. The van der Waals surface area contributed by atoms with Gasteiger partial charge in [0.25, 0.3) is 5.91 Å². The highest BCUT2D eigenvalue weighted by atomic mass is 16.6. The molecule has 0 bridgehead atoms. The van der Waals surface area contributed by atoms with Gasteiger partial charge in [0, 0.05) is 42.6 Å². The maximum absolute atomic E-state index is 13.5. The van der Waals surface area contributed by atoms with Crippen molar-refractivity contribution in [3.63, 3.8) is 0 Å². The summed E-state index contributed by atoms with van der Waals surface area (Å²) in [5.41, 5.74) is 8.67. The van der Waals surface area contributed by atoms with Gasteiger partial charge in [0.2, 0.25) is 0 Å². The van der Waals surface area contributed by atoms with E-state index < -0.39 is 23.9 Å². The van der Waals surface area contributed by atoms with Crippen LogP contribution < -0.4 is 11.1 Å². The van der Waals surface area contributed by atoms with Gasteiger partial charge in [-0.25, -0.2) is 14.6 Å². The minimum Gasteiger partial charge on any atom is -0.445 e. The number of ether oxygens (including phenoxy) is 2. The predicted molar refractivity (Wildman–Crippen MR) is 160 cm³/mol. The summed E-state index contributed by atoms with van der Waals surface area (Å²) >= 11 is 0. The van der Waals surface area contributed by atoms with Gasteiger partial charge in [0.1, 0.15) is 11.7 Å². The number of hydrogen-bond acceptors (Lipinski definition) is 6. The number of imidazole rings is 1. The first-order chi connectivity index (χ1) is 20.0. The molecule has 222 valence electrons. The number of carbonyl (C=O) groups excluding carboxylic acids is 3. The molecular formula is C31H38N6O5. The van der Waals surface area contributed by atoms with Crippen molar-refractivity contribution in [2.45, 2.75) is 65.3 Å². The molecule has 0 unspecified atom stereocenters. The monoisotopic (exact) mass is 574 g/mol. The second-order valence-electron chi connectivity index (χ2n) is 11.5. The predicted octanol–water partition coefficient (Wildman–Crippen LogP) is 4.90. The molecule has 2 aromatic carbocycles. The summed E-state index contributed by atoms with van der Waals surface area (Å²) in [5.74, 6) is 0.589. The van der Waals surface area contributed by atoms with Crippen molar-refractivity contribution in [2.75, 3.05) is 19.6 Å². The van der Waals surface area contributed by atoms with Crippen molar-refractivity contribution in [2.24, 2.45) is 5.73 Å². The van der Waals surface area contributed by atoms with Crippen LogP contribution in [-0.4, -0.2) is 68.5 Å². The summed E-state index contributed by atoms with van der Waals surface area (Å²) in [6.07, 6.45) is -0.342. The summed E-state index contributed by atoms with van der Waals surface area (Å²) in [4.78, 5) is 43.8. The normalized spacial score (nSPS) is 15.6. The number of nitrogens with one attached hydrogen (secondary N) is 1. The van der Waals surface area contributed by atoms with Crippen LogP contribution in [0.15, 0.2) is 48.5 Å². The Morgan fingerprint density at radius 3 is 2.60 bits per heavy atom. The maximum Gasteiger partial charge on any atom is 0.407 e. The highest BCUT2D eigenvalue weighted by Crippen LogP contribution is 2.31. The van der Waals surface area contributed by atoms with Crippen LogP contribution in [0.1, 0.15) is 50.9 Å². The standard InChI is InChI=1S/C31H38N6O5/c1-5-36-24-11-7-6-9-20(24)18-26(36)27-34-23-17-21(28(38)35-15-8-10-22(19-35)41-29(32)39)12-13-25(23)37(27)16-14-33-30(40)42-31(2,3)4/h6-7,9,11-13,17-18,22H,5,8,10,14-16,19H2,1-4H3,(H2,32,39)(H,33,40)/t22-/m1/s1. The first-order valence-electron chi connectivity index (χ1n) is 14.3. The van der Waals surface area contributed by atoms with Gasteiger partial charge >= 0.3 is 12.2 Å². The largest absolute Gasteiger partial charge is 0.445 e. The summed E-state index contributed by atoms with van der Waals surface area (Å²) < 4.78 is 14.9. The molecule has 11 nitrogen and oxygen atoms in total. The number of benzene rings is 2. The number of likely N-dealkylation sites (tertiary alicyclic amines) is 1. The van der Waals surface area contributed by atoms with Crippen molar-refractivity contribution in [1.82, 2.24) is 24.3 Å². The van der Waals surface area contributed by atoms with Gasteiger partial charge in [0.15, 0.2) is 5.82 Å². The van der Waals surface area contributed by atoms with E-state index in [4.69, 9.17) is 20.2 Å². The Balaban J connectivity index is 1.49. The molecule has 3 heterocycles. The van der Waals surface area contributed by atoms with Crippen LogP contribution in [0.25, 0.3) is 33.5 Å². The minimum atomic E-state index is -0.834. The molecule has 1 fully saturated rings. The van der Waals surface area contributed by atoms with Gasteiger partial charge in [0.05, 0.1) is 23.3 Å². The van der Waals surface area contributed by atoms with Crippen molar-refractivity contribution in [3.05, 3.63) is 54.1 Å². The molecule has 1 aliphatic heterocycles. The number of aromatic nitrogens is 3. The van der Waals surface area contributed by atoms with Gasteiger partial charge in [-0.2, -0.15) is 0 Å². The molecule has 42 heavy (non-hydrogen) atoms. The highest BCUT2D eigenvalue weighted by Gasteiger charge is 2.27. The van der Waals surface area contributed by atoms with Gasteiger partial charge in [-0.05, 0) is 70.9 Å². The molecule has 1 atom stereocenters. The Hall–Kier alpha value is -4.54. The lowest BCUT2D eigenvalue weighted by Crippen LogP contribution is -2.44. The quantitative estimate of drug-likeness (QED) is 0.322. The van der Waals surface area contributed by atoms with Crippen LogP contribution in [-0.2, 0) is 22.6 Å². The average Bonchev–Trinajstić information content (AvgIpc) is 3.49. The van der Waals surface area contributed by atoms with E-state index in [2.05, 4.69) is 39.6 Å². The molecular weight excluding hydrogens is 536 g/mol. The lowest BCUT2D eigenvalue weighted by molar-refractivity contribution is 0.0373. The van der Waals surface area contributed by atoms with Gasteiger partial charge < -0.3 is 34.6 Å². The molecule has 3 amide bonds. The number of para-hydroxylation sites is 1. The number of piperidine rings is 1. The SMILES string of the molecule is CCn1c(-c2nc3cc(C(=O)N4CCC[C@@H](OC(N)=O)C4)ccc3n2CCNC(=O)OC(C)(C)C)cc2ccccc21. The number of rotatable bonds is 7. The van der Waals surface area contributed by atoms with E-state index in [0.29, 0.717) is 43.7 Å². The Kier molecular flexibility index (Phi) is 8.11. The fourth-order valence-electron chi connectivity index (χ4n) is 5.57. The molecule has 5 rings (SSSR count). The van der Waals surface area contributed by atoms with E-state index in [1.807, 2.05) is 39.0 Å². The smallest absolute Gasteiger partial charge is 0.407 e. The third kappa shape index (κ3) is 6.19. The molecule has 0 spiro atoms. The van der Waals surface area contributed by atoms with Crippen molar-refractivity contribution in [3.8, 4) is 11.5 Å². The molecule has 3 N–H and O–H groups in total. The topological polar surface area (TPSA) is 134 Å². The number of fused-ring (bicyclic) bond motifs is 2. The summed E-state index contributed by atoms with van der Waals surface area (Å²) in [7, 11) is 0. The molecule has 0 radical (unpaired) electrons. The average molecular weight is 575 g/mol. The molecule has 1 saturated heterocycles. The molecule has 2 aromatic heterocycles. The molecule has 1 aliphatic rings. The van der Waals surface area contributed by atoms with Gasteiger partial charge in [-0.15, -0.1) is 0 Å². The van der Waals surface area contributed by atoms with E-state index in [9.17, 15) is 14.4 Å². The minimum absolute atomic E-state index is 0.153. The first-order valence-corrected chi connectivity index (χ1v) is 14.3. The first kappa shape index (κ1) is 29.0. The third-order valence-corrected chi connectivity index (χ3v) is 7.30. The Morgan fingerprint density at radius 1 is 1.07 bits per heavy atom. The summed E-state index contributed by atoms with van der Waals surface area (Å²) in [6.45, 7) is 9.96. The third-order valence-electron chi connectivity index (χ3n) is 7.30. The Labute approximate surface area is 244 Å². The second-order valence-corrected chi connectivity index (χ2v) is 11.5. The van der Waals surface area contributed by atoms with Crippen LogP contribution in [0.3, 0.4) is 0 Å². The van der Waals surface area contributed by atoms with Crippen LogP contribution in [0, 0.1) is 0 Å². The zero-order chi connectivity index (χ0) is 30.0. The van der Waals surface area contributed by atoms with Crippen LogP contribution in [0.4, 0.5) is 9.59 Å². The maximum atomic E-state index is 13.5. The lowest BCUT2D eigenvalue weighted by atomic mass is 10.1. The molecule has 11 heteroatoms. The van der Waals surface area contributed by atoms with Crippen molar-refractivity contribution >= 4 is 40.0 Å². The van der Waals surface area contributed by atoms with E-state index in [0.717, 1.165) is 40.9 Å². The summed E-state index contributed by atoms with van der Waals surface area (Å²) in [5, 5.41) is 3.95. The van der Waals surface area contributed by atoms with E-state index in [-0.39, 0.29) is 5.91 Å². The number of carbonyl (C=O) groups is 3. The van der Waals surface area contributed by atoms with Crippen LogP contribution >= 0.6 is 0 Å². The zero-order valence-electron chi connectivity index (χ0n) is 24.6. The molecule has 0 aliphatic carbocycles. The number of hydrogen-bond donors (Lipinski definition) is 2. The number of alkyl carbamates (subject to hydrolysis) is 1. The van der Waals surface area contributed by atoms with Gasteiger partial charge in [-0.1, -0.05) is 18.2 Å². The second kappa shape index (κ2) is 11.8. The molecule has 4 aromatic rings. The lowest BCUT2D eigenvalue weighted by Gasteiger charge is -2.32. The van der Waals surface area contributed by atoms with E-state index in [1.54, 1.807) is 17.0 Å². The highest BCUT2D eigenvalue weighted by molar-refractivity contribution is 5.98. The Bertz CT molecular complexity index is 1630. The number of nitrogens with two attached hydrogens (primary N) is 1. The van der Waals surface area contributed by atoms with Crippen molar-refractivity contribution in [1.29, 1.82) is 0 Å². The van der Waals surface area contributed by atoms with E-state index >= 15 is 0 Å². The number of amides is 3. The fourth-order valence-corrected chi connectivity index (χ4v) is 5.57. The Morgan fingerprint density at radius 2 is 1.86 bits per heavy atom. The zero-order valence-corrected chi connectivity index (χ0v) is 24.6. The molecule has 0 saturated carbocycles. The van der Waals surface area contributed by atoms with Crippen molar-refractivity contribution < 1.29 is 23.9 Å². The number of nitrogens with zero attached hydrogens (tertiary/aromatic N) is 4. The van der Waals surface area contributed by atoms with E-state index in [1.165, 1.54) is 0 Å². The number of primary amides is 1.